The van der Waals surface area contributed by atoms with Crippen LogP contribution in [0.3, 0.4) is 0 Å². The fourth-order valence-electron chi connectivity index (χ4n) is 1.12. The minimum atomic E-state index is 0.246. The third kappa shape index (κ3) is 3.57. The summed E-state index contributed by atoms with van der Waals surface area (Å²) in [6.45, 7) is 2.93. The first-order chi connectivity index (χ1) is 5.74. The van der Waals surface area contributed by atoms with E-state index in [-0.39, 0.29) is 5.91 Å². The zero-order chi connectivity index (χ0) is 8.97. The van der Waals surface area contributed by atoms with Gasteiger partial charge in [0.05, 0.1) is 0 Å². The Morgan fingerprint density at radius 2 is 2.33 bits per heavy atom. The number of carbonyl (C=O) groups is 1. The highest BCUT2D eigenvalue weighted by atomic mass is 79.9. The number of hydrogen-bond donors (Lipinski definition) is 1. The quantitative estimate of drug-likeness (QED) is 0.725. The van der Waals surface area contributed by atoms with E-state index in [1.165, 1.54) is 0 Å². The predicted molar refractivity (Wildman–Crippen MR) is 53.4 cm³/mol. The van der Waals surface area contributed by atoms with Crippen LogP contribution in [0.5, 0.6) is 0 Å². The molecule has 12 heavy (non-hydrogen) atoms. The highest BCUT2D eigenvalue weighted by Crippen LogP contribution is 2.28. The van der Waals surface area contributed by atoms with E-state index in [4.69, 9.17) is 0 Å². The Labute approximate surface area is 82.2 Å². The molecule has 1 amide bonds. The van der Waals surface area contributed by atoms with Crippen molar-refractivity contribution in [3.8, 4) is 0 Å². The van der Waals surface area contributed by atoms with Gasteiger partial charge in [-0.15, -0.1) is 0 Å². The standard InChI is InChI=1S/C9H16BrNO/c1-2-3-8(10)6-11-9(12)7-4-5-7/h7-8H,2-6H2,1H3,(H,11,12). The smallest absolute Gasteiger partial charge is 0.223 e. The van der Waals surface area contributed by atoms with Gasteiger partial charge in [-0.2, -0.15) is 0 Å². The SMILES string of the molecule is CCCC(Br)CNC(=O)C1CC1. The molecule has 70 valence electrons. The van der Waals surface area contributed by atoms with Crippen LogP contribution < -0.4 is 5.32 Å². The maximum atomic E-state index is 11.2. The molecule has 0 heterocycles. The Bertz CT molecular complexity index is 157. The van der Waals surface area contributed by atoms with Crippen LogP contribution in [0.2, 0.25) is 0 Å². The summed E-state index contributed by atoms with van der Waals surface area (Å²) in [7, 11) is 0. The Hall–Kier alpha value is -0.0500. The first-order valence-corrected chi connectivity index (χ1v) is 5.57. The maximum absolute atomic E-state index is 11.2. The molecule has 0 spiro atoms. The summed E-state index contributed by atoms with van der Waals surface area (Å²) in [5.41, 5.74) is 0. The average molecular weight is 234 g/mol. The summed E-state index contributed by atoms with van der Waals surface area (Å²) < 4.78 is 0. The van der Waals surface area contributed by atoms with Gasteiger partial charge in [0.2, 0.25) is 5.91 Å². The van der Waals surface area contributed by atoms with Crippen molar-refractivity contribution < 1.29 is 4.79 Å². The number of nitrogens with one attached hydrogen (secondary N) is 1. The van der Waals surface area contributed by atoms with Crippen LogP contribution in [0.25, 0.3) is 0 Å². The number of carbonyl (C=O) groups excluding carboxylic acids is 1. The minimum Gasteiger partial charge on any atom is -0.355 e. The van der Waals surface area contributed by atoms with Crippen LogP contribution in [0.4, 0.5) is 0 Å². The monoisotopic (exact) mass is 233 g/mol. The van der Waals surface area contributed by atoms with Crippen molar-refractivity contribution >= 4 is 21.8 Å². The summed E-state index contributed by atoms with van der Waals surface area (Å²) in [5, 5.41) is 2.94. The van der Waals surface area contributed by atoms with E-state index >= 15 is 0 Å². The number of amides is 1. The van der Waals surface area contributed by atoms with Crippen LogP contribution in [0.1, 0.15) is 32.6 Å². The fourth-order valence-corrected chi connectivity index (χ4v) is 1.74. The van der Waals surface area contributed by atoms with Crippen LogP contribution in [-0.4, -0.2) is 17.3 Å². The fraction of sp³-hybridized carbons (Fsp3) is 0.889. The molecule has 1 aliphatic rings. The Kier molecular flexibility index (Phi) is 4.06. The first kappa shape index (κ1) is 10.0. The van der Waals surface area contributed by atoms with Crippen molar-refractivity contribution in [1.29, 1.82) is 0 Å². The zero-order valence-corrected chi connectivity index (χ0v) is 9.06. The molecule has 0 bridgehead atoms. The van der Waals surface area contributed by atoms with Crippen molar-refractivity contribution in [1.82, 2.24) is 5.32 Å². The van der Waals surface area contributed by atoms with Gasteiger partial charge < -0.3 is 5.32 Å². The van der Waals surface area contributed by atoms with Crippen LogP contribution >= 0.6 is 15.9 Å². The second-order valence-electron chi connectivity index (χ2n) is 3.41. The summed E-state index contributed by atoms with van der Waals surface area (Å²) >= 11 is 3.52. The molecule has 2 nitrogen and oxygen atoms in total. The molecule has 0 aromatic heterocycles. The third-order valence-electron chi connectivity index (χ3n) is 2.05. The van der Waals surface area contributed by atoms with E-state index in [9.17, 15) is 4.79 Å². The molecule has 0 aromatic rings. The highest BCUT2D eigenvalue weighted by Gasteiger charge is 2.29. The van der Waals surface area contributed by atoms with Crippen LogP contribution in [-0.2, 0) is 4.79 Å². The van der Waals surface area contributed by atoms with Gasteiger partial charge in [0.15, 0.2) is 0 Å². The molecule has 1 unspecified atom stereocenters. The molecule has 0 radical (unpaired) electrons. The predicted octanol–water partition coefficient (Wildman–Crippen LogP) is 2.08. The summed E-state index contributed by atoms with van der Waals surface area (Å²) in [6.07, 6.45) is 4.47. The topological polar surface area (TPSA) is 29.1 Å². The third-order valence-corrected chi connectivity index (χ3v) is 2.83. The van der Waals surface area contributed by atoms with E-state index in [0.717, 1.165) is 32.2 Å². The molecule has 0 aliphatic heterocycles. The van der Waals surface area contributed by atoms with E-state index in [2.05, 4.69) is 28.2 Å². The van der Waals surface area contributed by atoms with Crippen molar-refractivity contribution in [3.05, 3.63) is 0 Å². The molecular weight excluding hydrogens is 218 g/mol. The van der Waals surface area contributed by atoms with Crippen molar-refractivity contribution in [3.63, 3.8) is 0 Å². The van der Waals surface area contributed by atoms with Gasteiger partial charge >= 0.3 is 0 Å². The molecule has 0 aromatic carbocycles. The lowest BCUT2D eigenvalue weighted by atomic mass is 10.2. The lowest BCUT2D eigenvalue weighted by molar-refractivity contribution is -0.122. The molecule has 1 rings (SSSR count). The lowest BCUT2D eigenvalue weighted by Gasteiger charge is -2.09. The zero-order valence-electron chi connectivity index (χ0n) is 7.48. The molecule has 1 atom stereocenters. The lowest BCUT2D eigenvalue weighted by Crippen LogP contribution is -2.30. The molecule has 1 saturated carbocycles. The van der Waals surface area contributed by atoms with Crippen molar-refractivity contribution in [2.75, 3.05) is 6.54 Å². The molecule has 3 heteroatoms. The normalized spacial score (nSPS) is 18.8. The second kappa shape index (κ2) is 4.85. The van der Waals surface area contributed by atoms with E-state index in [1.54, 1.807) is 0 Å². The summed E-state index contributed by atoms with van der Waals surface area (Å²) in [5.74, 6) is 0.585. The van der Waals surface area contributed by atoms with E-state index in [0.29, 0.717) is 10.7 Å². The van der Waals surface area contributed by atoms with Gasteiger partial charge in [-0.1, -0.05) is 29.3 Å². The van der Waals surface area contributed by atoms with Crippen LogP contribution in [0.15, 0.2) is 0 Å². The van der Waals surface area contributed by atoms with E-state index in [1.807, 2.05) is 0 Å². The number of hydrogen-bond acceptors (Lipinski definition) is 1. The van der Waals surface area contributed by atoms with Crippen molar-refractivity contribution in [2.45, 2.75) is 37.4 Å². The van der Waals surface area contributed by atoms with Gasteiger partial charge in [-0.05, 0) is 19.3 Å². The largest absolute Gasteiger partial charge is 0.355 e. The molecule has 1 fully saturated rings. The van der Waals surface area contributed by atoms with Gasteiger partial charge in [-0.3, -0.25) is 4.79 Å². The number of alkyl halides is 1. The average Bonchev–Trinajstić information content (AvgIpc) is 2.83. The Morgan fingerprint density at radius 1 is 1.67 bits per heavy atom. The minimum absolute atomic E-state index is 0.246. The highest BCUT2D eigenvalue weighted by molar-refractivity contribution is 9.09. The van der Waals surface area contributed by atoms with Gasteiger partial charge in [0, 0.05) is 17.3 Å². The molecular formula is C9H16BrNO. The second-order valence-corrected chi connectivity index (χ2v) is 4.70. The van der Waals surface area contributed by atoms with Gasteiger partial charge in [0.1, 0.15) is 0 Å². The Balaban J connectivity index is 2.03. The number of rotatable bonds is 5. The van der Waals surface area contributed by atoms with E-state index < -0.39 is 0 Å². The number of halogens is 1. The maximum Gasteiger partial charge on any atom is 0.223 e. The summed E-state index contributed by atoms with van der Waals surface area (Å²) in [4.78, 5) is 11.6. The van der Waals surface area contributed by atoms with Crippen molar-refractivity contribution in [2.24, 2.45) is 5.92 Å². The Morgan fingerprint density at radius 3 is 2.83 bits per heavy atom. The van der Waals surface area contributed by atoms with Gasteiger partial charge in [0.25, 0.3) is 0 Å². The summed E-state index contributed by atoms with van der Waals surface area (Å²) in [6, 6.07) is 0. The molecule has 1 N–H and O–H groups in total. The van der Waals surface area contributed by atoms with Gasteiger partial charge in [-0.25, -0.2) is 0 Å². The molecule has 1 aliphatic carbocycles. The first-order valence-electron chi connectivity index (χ1n) is 4.65. The molecule has 0 saturated heterocycles. The van der Waals surface area contributed by atoms with Crippen LogP contribution in [0, 0.1) is 5.92 Å².